The van der Waals surface area contributed by atoms with E-state index in [0.29, 0.717) is 5.92 Å². The number of hydrogen-bond acceptors (Lipinski definition) is 2. The van der Waals surface area contributed by atoms with Gasteiger partial charge in [0.25, 0.3) is 0 Å². The highest BCUT2D eigenvalue weighted by atomic mass is 16.5. The van der Waals surface area contributed by atoms with E-state index in [1.807, 2.05) is 31.2 Å². The molecule has 0 aliphatic carbocycles. The van der Waals surface area contributed by atoms with Crippen LogP contribution in [0.1, 0.15) is 51.7 Å². The van der Waals surface area contributed by atoms with Gasteiger partial charge in [0.1, 0.15) is 5.75 Å². The Morgan fingerprint density at radius 3 is 2.35 bits per heavy atom. The number of hydrogen-bond donors (Lipinski definition) is 1. The third-order valence-corrected chi connectivity index (χ3v) is 2.97. The summed E-state index contributed by atoms with van der Waals surface area (Å²) in [5.74, 6) is 1.49. The molecule has 2 atom stereocenters. The summed E-state index contributed by atoms with van der Waals surface area (Å²) < 4.78 is 5.71. The van der Waals surface area contributed by atoms with Crippen LogP contribution in [-0.2, 0) is 0 Å². The smallest absolute Gasteiger partial charge is 0.119 e. The second-order valence-electron chi connectivity index (χ2n) is 4.70. The first-order valence-electron chi connectivity index (χ1n) is 6.58. The fourth-order valence-electron chi connectivity index (χ4n) is 1.84. The first-order chi connectivity index (χ1) is 8.17. The SMILES string of the molecule is CCCC(C)COc1ccc(C(O)CC)cc1. The third-order valence-electron chi connectivity index (χ3n) is 2.97. The fourth-order valence-corrected chi connectivity index (χ4v) is 1.84. The molecule has 0 saturated carbocycles. The molecule has 2 nitrogen and oxygen atoms in total. The summed E-state index contributed by atoms with van der Waals surface area (Å²) in [6, 6.07) is 7.75. The van der Waals surface area contributed by atoms with Gasteiger partial charge in [-0.3, -0.25) is 0 Å². The fraction of sp³-hybridized carbons (Fsp3) is 0.600. The lowest BCUT2D eigenvalue weighted by Gasteiger charge is -2.13. The Labute approximate surface area is 105 Å². The molecule has 0 amide bonds. The summed E-state index contributed by atoms with van der Waals surface area (Å²) >= 11 is 0. The highest BCUT2D eigenvalue weighted by Gasteiger charge is 2.05. The molecule has 0 heterocycles. The van der Waals surface area contributed by atoms with Crippen LogP contribution in [-0.4, -0.2) is 11.7 Å². The van der Waals surface area contributed by atoms with Gasteiger partial charge in [0.2, 0.25) is 0 Å². The second kappa shape index (κ2) is 7.33. The van der Waals surface area contributed by atoms with Crippen LogP contribution in [0.15, 0.2) is 24.3 Å². The standard InChI is InChI=1S/C15H24O2/c1-4-6-12(3)11-17-14-9-7-13(8-10-14)15(16)5-2/h7-10,12,15-16H,4-6,11H2,1-3H3. The maximum atomic E-state index is 9.67. The number of benzene rings is 1. The molecule has 1 aromatic carbocycles. The molecule has 0 saturated heterocycles. The van der Waals surface area contributed by atoms with E-state index >= 15 is 0 Å². The maximum absolute atomic E-state index is 9.67. The van der Waals surface area contributed by atoms with Crippen molar-refractivity contribution in [2.75, 3.05) is 6.61 Å². The Bertz CT molecular complexity index is 305. The van der Waals surface area contributed by atoms with E-state index in [4.69, 9.17) is 4.74 Å². The lowest BCUT2D eigenvalue weighted by Crippen LogP contribution is -2.08. The Morgan fingerprint density at radius 1 is 1.18 bits per heavy atom. The van der Waals surface area contributed by atoms with Gasteiger partial charge in [-0.25, -0.2) is 0 Å². The predicted octanol–water partition coefficient (Wildman–Crippen LogP) is 3.95. The lowest BCUT2D eigenvalue weighted by atomic mass is 10.1. The molecule has 17 heavy (non-hydrogen) atoms. The molecule has 0 aliphatic rings. The molecule has 0 fully saturated rings. The van der Waals surface area contributed by atoms with Crippen molar-refractivity contribution in [2.24, 2.45) is 5.92 Å². The summed E-state index contributed by atoms with van der Waals surface area (Å²) in [6.07, 6.45) is 2.79. The molecule has 1 aromatic rings. The topological polar surface area (TPSA) is 29.5 Å². The zero-order valence-electron chi connectivity index (χ0n) is 11.1. The molecule has 96 valence electrons. The molecule has 1 N–H and O–H groups in total. The van der Waals surface area contributed by atoms with Crippen LogP contribution in [0.5, 0.6) is 5.75 Å². The van der Waals surface area contributed by atoms with E-state index in [-0.39, 0.29) is 6.10 Å². The van der Waals surface area contributed by atoms with E-state index in [1.54, 1.807) is 0 Å². The average Bonchev–Trinajstić information content (AvgIpc) is 2.36. The highest BCUT2D eigenvalue weighted by Crippen LogP contribution is 2.20. The lowest BCUT2D eigenvalue weighted by molar-refractivity contribution is 0.173. The monoisotopic (exact) mass is 236 g/mol. The van der Waals surface area contributed by atoms with Gasteiger partial charge in [0.15, 0.2) is 0 Å². The van der Waals surface area contributed by atoms with Gasteiger partial charge < -0.3 is 9.84 Å². The Balaban J connectivity index is 2.45. The molecule has 2 heteroatoms. The van der Waals surface area contributed by atoms with E-state index in [2.05, 4.69) is 13.8 Å². The summed E-state index contributed by atoms with van der Waals surface area (Å²) in [7, 11) is 0. The Kier molecular flexibility index (Phi) is 6.06. The average molecular weight is 236 g/mol. The van der Waals surface area contributed by atoms with Crippen molar-refractivity contribution in [3.05, 3.63) is 29.8 Å². The molecule has 1 rings (SSSR count). The van der Waals surface area contributed by atoms with Crippen molar-refractivity contribution < 1.29 is 9.84 Å². The third kappa shape index (κ3) is 4.78. The van der Waals surface area contributed by atoms with Gasteiger partial charge in [0, 0.05) is 0 Å². The zero-order valence-corrected chi connectivity index (χ0v) is 11.1. The molecular formula is C15H24O2. The van der Waals surface area contributed by atoms with Crippen molar-refractivity contribution in [2.45, 2.75) is 46.1 Å². The van der Waals surface area contributed by atoms with E-state index < -0.39 is 0 Å². The molecule has 0 aliphatic heterocycles. The predicted molar refractivity (Wildman–Crippen MR) is 71.3 cm³/mol. The number of aliphatic hydroxyl groups excluding tert-OH is 1. The summed E-state index contributed by atoms with van der Waals surface area (Å²) in [5, 5.41) is 9.67. The summed E-state index contributed by atoms with van der Waals surface area (Å²) in [6.45, 7) is 7.14. The Hall–Kier alpha value is -1.02. The Morgan fingerprint density at radius 2 is 1.82 bits per heavy atom. The van der Waals surface area contributed by atoms with Crippen molar-refractivity contribution in [1.29, 1.82) is 0 Å². The molecule has 0 bridgehead atoms. The normalized spacial score (nSPS) is 14.4. The highest BCUT2D eigenvalue weighted by molar-refractivity contribution is 5.28. The van der Waals surface area contributed by atoms with Crippen molar-refractivity contribution in [3.63, 3.8) is 0 Å². The first kappa shape index (κ1) is 14.0. The number of rotatable bonds is 7. The largest absolute Gasteiger partial charge is 0.493 e. The van der Waals surface area contributed by atoms with Crippen LogP contribution in [0.2, 0.25) is 0 Å². The minimum atomic E-state index is -0.358. The van der Waals surface area contributed by atoms with Crippen LogP contribution >= 0.6 is 0 Å². The van der Waals surface area contributed by atoms with Crippen molar-refractivity contribution in [3.8, 4) is 5.75 Å². The number of aliphatic hydroxyl groups is 1. The minimum absolute atomic E-state index is 0.358. The molecule has 0 radical (unpaired) electrons. The van der Waals surface area contributed by atoms with Gasteiger partial charge in [-0.1, -0.05) is 39.3 Å². The van der Waals surface area contributed by atoms with Gasteiger partial charge in [-0.15, -0.1) is 0 Å². The summed E-state index contributed by atoms with van der Waals surface area (Å²) in [4.78, 5) is 0. The van der Waals surface area contributed by atoms with E-state index in [9.17, 15) is 5.11 Å². The van der Waals surface area contributed by atoms with Gasteiger partial charge in [-0.2, -0.15) is 0 Å². The molecule has 0 aromatic heterocycles. The molecule has 0 spiro atoms. The van der Waals surface area contributed by atoms with Gasteiger partial charge in [-0.05, 0) is 36.5 Å². The number of ether oxygens (including phenoxy) is 1. The van der Waals surface area contributed by atoms with Crippen LogP contribution in [0.4, 0.5) is 0 Å². The minimum Gasteiger partial charge on any atom is -0.493 e. The van der Waals surface area contributed by atoms with Gasteiger partial charge >= 0.3 is 0 Å². The quantitative estimate of drug-likeness (QED) is 0.777. The van der Waals surface area contributed by atoms with Crippen LogP contribution in [0, 0.1) is 5.92 Å². The van der Waals surface area contributed by atoms with Crippen LogP contribution in [0.3, 0.4) is 0 Å². The van der Waals surface area contributed by atoms with E-state index in [0.717, 1.165) is 24.3 Å². The van der Waals surface area contributed by atoms with E-state index in [1.165, 1.54) is 12.8 Å². The molecular weight excluding hydrogens is 212 g/mol. The zero-order chi connectivity index (χ0) is 12.7. The van der Waals surface area contributed by atoms with Gasteiger partial charge in [0.05, 0.1) is 12.7 Å². The van der Waals surface area contributed by atoms with Crippen molar-refractivity contribution in [1.82, 2.24) is 0 Å². The maximum Gasteiger partial charge on any atom is 0.119 e. The molecule has 2 unspecified atom stereocenters. The second-order valence-corrected chi connectivity index (χ2v) is 4.70. The first-order valence-corrected chi connectivity index (χ1v) is 6.58. The van der Waals surface area contributed by atoms with Crippen molar-refractivity contribution >= 4 is 0 Å². The van der Waals surface area contributed by atoms with Crippen LogP contribution in [0.25, 0.3) is 0 Å². The summed E-state index contributed by atoms with van der Waals surface area (Å²) in [5.41, 5.74) is 0.960. The van der Waals surface area contributed by atoms with Crippen LogP contribution < -0.4 is 4.74 Å².